The van der Waals surface area contributed by atoms with Gasteiger partial charge in [0.05, 0.1) is 26.9 Å². The average Bonchev–Trinajstić information content (AvgIpc) is 2.79. The summed E-state index contributed by atoms with van der Waals surface area (Å²) in [7, 11) is 4.43. The monoisotopic (exact) mass is 392 g/mol. The lowest BCUT2D eigenvalue weighted by Gasteiger charge is -2.13. The van der Waals surface area contributed by atoms with E-state index < -0.39 is 5.97 Å². The largest absolute Gasteiger partial charge is 0.493 e. The van der Waals surface area contributed by atoms with Gasteiger partial charge in [-0.1, -0.05) is 35.5 Å². The molecule has 1 heterocycles. The molecule has 0 amide bonds. The Balaban J connectivity index is 1.95. The van der Waals surface area contributed by atoms with Crippen LogP contribution in [0, 0.1) is 0 Å². The molecule has 2 aromatic carbocycles. The van der Waals surface area contributed by atoms with Crippen LogP contribution in [0.25, 0.3) is 0 Å². The number of hydrogen-bond donors (Lipinski definition) is 0. The zero-order valence-corrected chi connectivity index (χ0v) is 16.3. The Hall–Kier alpha value is -3.87. The van der Waals surface area contributed by atoms with Crippen LogP contribution in [0.15, 0.2) is 72.1 Å². The summed E-state index contributed by atoms with van der Waals surface area (Å²) in [4.78, 5) is 22.0. The number of methoxy groups -OCH3 is 3. The van der Waals surface area contributed by atoms with Gasteiger partial charge in [-0.05, 0) is 24.3 Å². The lowest BCUT2D eigenvalue weighted by molar-refractivity contribution is 0.0516. The second-order valence-electron chi connectivity index (χ2n) is 5.84. The molecule has 7 heteroatoms. The summed E-state index contributed by atoms with van der Waals surface area (Å²) in [5.41, 5.74) is 2.20. The highest BCUT2D eigenvalue weighted by atomic mass is 16.7. The van der Waals surface area contributed by atoms with Gasteiger partial charge in [0.2, 0.25) is 5.75 Å². The quantitative estimate of drug-likeness (QED) is 0.346. The van der Waals surface area contributed by atoms with Crippen molar-refractivity contribution in [3.8, 4) is 17.2 Å². The molecule has 0 aliphatic rings. The van der Waals surface area contributed by atoms with E-state index in [4.69, 9.17) is 19.0 Å². The molecule has 1 aromatic heterocycles. The van der Waals surface area contributed by atoms with Crippen LogP contribution in [-0.4, -0.2) is 38.0 Å². The van der Waals surface area contributed by atoms with Gasteiger partial charge in [-0.2, -0.15) is 0 Å². The average molecular weight is 392 g/mol. The Morgan fingerprint density at radius 3 is 2.03 bits per heavy atom. The number of benzene rings is 2. The van der Waals surface area contributed by atoms with Gasteiger partial charge in [-0.25, -0.2) is 4.79 Å². The first-order valence-corrected chi connectivity index (χ1v) is 8.73. The van der Waals surface area contributed by atoms with Crippen molar-refractivity contribution in [2.75, 3.05) is 21.3 Å². The van der Waals surface area contributed by atoms with Crippen LogP contribution >= 0.6 is 0 Å². The number of carbonyl (C=O) groups is 1. The number of carbonyl (C=O) groups excluding carboxylic acids is 1. The molecule has 0 unspecified atom stereocenters. The van der Waals surface area contributed by atoms with Gasteiger partial charge < -0.3 is 19.0 Å². The molecule has 0 radical (unpaired) electrons. The van der Waals surface area contributed by atoms with Crippen molar-refractivity contribution in [2.24, 2.45) is 5.16 Å². The molecule has 0 spiro atoms. The van der Waals surface area contributed by atoms with E-state index in [2.05, 4.69) is 10.1 Å². The van der Waals surface area contributed by atoms with Gasteiger partial charge in [0.1, 0.15) is 5.71 Å². The second-order valence-corrected chi connectivity index (χ2v) is 5.84. The Morgan fingerprint density at radius 2 is 1.48 bits per heavy atom. The fourth-order valence-corrected chi connectivity index (χ4v) is 2.71. The summed E-state index contributed by atoms with van der Waals surface area (Å²) in [5, 5.41) is 4.11. The fourth-order valence-electron chi connectivity index (χ4n) is 2.71. The van der Waals surface area contributed by atoms with E-state index in [9.17, 15) is 4.79 Å². The van der Waals surface area contributed by atoms with Crippen molar-refractivity contribution < 1.29 is 23.8 Å². The minimum Gasteiger partial charge on any atom is -0.493 e. The number of aromatic nitrogens is 1. The third kappa shape index (κ3) is 4.52. The first-order valence-electron chi connectivity index (χ1n) is 8.73. The fraction of sp³-hybridized carbons (Fsp3) is 0.136. The van der Waals surface area contributed by atoms with Gasteiger partial charge in [0.25, 0.3) is 0 Å². The van der Waals surface area contributed by atoms with Gasteiger partial charge in [-0.3, -0.25) is 4.98 Å². The van der Waals surface area contributed by atoms with Gasteiger partial charge in [0, 0.05) is 23.5 Å². The molecule has 0 saturated heterocycles. The van der Waals surface area contributed by atoms with Crippen LogP contribution in [0.1, 0.15) is 21.5 Å². The predicted molar refractivity (Wildman–Crippen MR) is 108 cm³/mol. The maximum absolute atomic E-state index is 12.7. The topological polar surface area (TPSA) is 79.2 Å². The van der Waals surface area contributed by atoms with E-state index in [-0.39, 0.29) is 5.56 Å². The lowest BCUT2D eigenvalue weighted by atomic mass is 10.0. The molecular weight excluding hydrogens is 372 g/mol. The summed E-state index contributed by atoms with van der Waals surface area (Å²) in [6.45, 7) is 0. The Labute approximate surface area is 168 Å². The van der Waals surface area contributed by atoms with Gasteiger partial charge in [0.15, 0.2) is 11.5 Å². The molecule has 0 aliphatic carbocycles. The summed E-state index contributed by atoms with van der Waals surface area (Å²) in [6, 6.07) is 16.0. The molecule has 0 aliphatic heterocycles. The van der Waals surface area contributed by atoms with Crippen LogP contribution < -0.4 is 14.2 Å². The number of oxime groups is 1. The molecule has 0 bridgehead atoms. The molecule has 0 atom stereocenters. The smallest absolute Gasteiger partial charge is 0.366 e. The SMILES string of the molecule is COc1cc(C(=O)ON=C(c2ccccc2)c2cccnc2)cc(OC)c1OC. The molecule has 0 fully saturated rings. The van der Waals surface area contributed by atoms with E-state index in [1.54, 1.807) is 18.5 Å². The van der Waals surface area contributed by atoms with Crippen molar-refractivity contribution in [2.45, 2.75) is 0 Å². The van der Waals surface area contributed by atoms with Crippen LogP contribution in [-0.2, 0) is 4.84 Å². The Morgan fingerprint density at radius 1 is 0.828 bits per heavy atom. The van der Waals surface area contributed by atoms with E-state index in [1.165, 1.54) is 33.5 Å². The molecule has 3 aromatic rings. The molecule has 0 saturated carbocycles. The third-order valence-electron chi connectivity index (χ3n) is 4.10. The summed E-state index contributed by atoms with van der Waals surface area (Å²) >= 11 is 0. The number of rotatable bonds is 7. The highest BCUT2D eigenvalue weighted by Crippen LogP contribution is 2.38. The van der Waals surface area contributed by atoms with Crippen LogP contribution in [0.5, 0.6) is 17.2 Å². The second kappa shape index (κ2) is 9.36. The summed E-state index contributed by atoms with van der Waals surface area (Å²) in [5.74, 6) is 0.411. The highest BCUT2D eigenvalue weighted by Gasteiger charge is 2.19. The number of pyridine rings is 1. The molecule has 0 N–H and O–H groups in total. The van der Waals surface area contributed by atoms with Crippen LogP contribution in [0.2, 0.25) is 0 Å². The number of ether oxygens (including phenoxy) is 3. The number of hydrogen-bond acceptors (Lipinski definition) is 7. The molecule has 148 valence electrons. The minimum absolute atomic E-state index is 0.210. The molecule has 3 rings (SSSR count). The van der Waals surface area contributed by atoms with Crippen LogP contribution in [0.3, 0.4) is 0 Å². The van der Waals surface area contributed by atoms with E-state index in [0.29, 0.717) is 23.0 Å². The standard InChI is InChI=1S/C22H20N2O5/c1-26-18-12-17(13-19(27-2)21(18)28-3)22(25)29-24-20(15-8-5-4-6-9-15)16-10-7-11-23-14-16/h4-14H,1-3H3. The van der Waals surface area contributed by atoms with Crippen molar-refractivity contribution in [1.29, 1.82) is 0 Å². The van der Waals surface area contributed by atoms with Crippen LogP contribution in [0.4, 0.5) is 0 Å². The number of nitrogens with zero attached hydrogens (tertiary/aromatic N) is 2. The highest BCUT2D eigenvalue weighted by molar-refractivity contribution is 6.12. The Bertz CT molecular complexity index is 938. The molecular formula is C22H20N2O5. The predicted octanol–water partition coefficient (Wildman–Crippen LogP) is 3.72. The lowest BCUT2D eigenvalue weighted by Crippen LogP contribution is -2.09. The molecule has 29 heavy (non-hydrogen) atoms. The van der Waals surface area contributed by atoms with Gasteiger partial charge >= 0.3 is 5.97 Å². The zero-order valence-electron chi connectivity index (χ0n) is 16.3. The maximum Gasteiger partial charge on any atom is 0.366 e. The Kier molecular flexibility index (Phi) is 6.42. The van der Waals surface area contributed by atoms with Crippen molar-refractivity contribution in [3.63, 3.8) is 0 Å². The first-order chi connectivity index (χ1) is 14.2. The summed E-state index contributed by atoms with van der Waals surface area (Å²) in [6.07, 6.45) is 3.31. The molecule has 7 nitrogen and oxygen atoms in total. The van der Waals surface area contributed by atoms with Crippen molar-refractivity contribution in [1.82, 2.24) is 4.98 Å². The van der Waals surface area contributed by atoms with E-state index >= 15 is 0 Å². The van der Waals surface area contributed by atoms with E-state index in [1.807, 2.05) is 36.4 Å². The van der Waals surface area contributed by atoms with E-state index in [0.717, 1.165) is 11.1 Å². The normalized spacial score (nSPS) is 10.9. The van der Waals surface area contributed by atoms with Crippen molar-refractivity contribution >= 4 is 11.7 Å². The zero-order chi connectivity index (χ0) is 20.6. The first kappa shape index (κ1) is 19.9. The minimum atomic E-state index is -0.665. The third-order valence-corrected chi connectivity index (χ3v) is 4.10. The van der Waals surface area contributed by atoms with Gasteiger partial charge in [-0.15, -0.1) is 0 Å². The maximum atomic E-state index is 12.7. The summed E-state index contributed by atoms with van der Waals surface area (Å²) < 4.78 is 15.8. The van der Waals surface area contributed by atoms with Crippen molar-refractivity contribution in [3.05, 3.63) is 83.7 Å².